The number of aromatic carboxylic acids is 1. The summed E-state index contributed by atoms with van der Waals surface area (Å²) >= 11 is 6.34. The first-order valence-corrected chi connectivity index (χ1v) is 14.2. The summed E-state index contributed by atoms with van der Waals surface area (Å²) in [6.07, 6.45) is -3.45. The van der Waals surface area contributed by atoms with E-state index in [1.165, 1.54) is 24.3 Å². The monoisotopic (exact) mass is 604 g/mol. The van der Waals surface area contributed by atoms with E-state index >= 15 is 0 Å². The third-order valence-electron chi connectivity index (χ3n) is 7.39. The van der Waals surface area contributed by atoms with Gasteiger partial charge >= 0.3 is 12.1 Å². The van der Waals surface area contributed by atoms with Crippen molar-refractivity contribution in [2.45, 2.75) is 44.7 Å². The normalized spacial score (nSPS) is 12.4. The highest BCUT2D eigenvalue weighted by atomic mass is 35.5. The van der Waals surface area contributed by atoms with Crippen LogP contribution in [0.2, 0.25) is 5.02 Å². The number of nitrogens with one attached hydrogen (secondary N) is 1. The van der Waals surface area contributed by atoms with E-state index in [1.807, 2.05) is 30.3 Å². The van der Waals surface area contributed by atoms with E-state index in [2.05, 4.69) is 16.9 Å². The highest BCUT2D eigenvalue weighted by Crippen LogP contribution is 2.37. The number of alkyl halides is 3. The van der Waals surface area contributed by atoms with Gasteiger partial charge in [0.25, 0.3) is 0 Å². The highest BCUT2D eigenvalue weighted by molar-refractivity contribution is 6.31. The number of carbonyl (C=O) groups is 2. The van der Waals surface area contributed by atoms with Crippen molar-refractivity contribution in [3.05, 3.63) is 112 Å². The van der Waals surface area contributed by atoms with Crippen molar-refractivity contribution < 1.29 is 27.9 Å². The number of carboxylic acids is 1. The molecule has 0 radical (unpaired) electrons. The van der Waals surface area contributed by atoms with Crippen molar-refractivity contribution in [1.29, 1.82) is 0 Å². The molecule has 5 aromatic rings. The van der Waals surface area contributed by atoms with Crippen LogP contribution in [0.5, 0.6) is 0 Å². The largest absolute Gasteiger partial charge is 0.478 e. The van der Waals surface area contributed by atoms with Gasteiger partial charge in [-0.2, -0.15) is 13.2 Å². The zero-order valence-corrected chi connectivity index (χ0v) is 24.0. The maximum absolute atomic E-state index is 13.4. The molecule has 220 valence electrons. The number of H-pyrrole nitrogens is 1. The predicted molar refractivity (Wildman–Crippen MR) is 162 cm³/mol. The molecule has 0 spiro atoms. The summed E-state index contributed by atoms with van der Waals surface area (Å²) in [5.41, 5.74) is 3.53. The average molecular weight is 605 g/mol. The molecule has 0 unspecified atom stereocenters. The van der Waals surface area contributed by atoms with Crippen LogP contribution in [0.1, 0.15) is 63.9 Å². The first kappa shape index (κ1) is 30.0. The van der Waals surface area contributed by atoms with E-state index in [1.54, 1.807) is 30.3 Å². The summed E-state index contributed by atoms with van der Waals surface area (Å²) < 4.78 is 38.8. The molecule has 0 saturated carbocycles. The number of fused-ring (bicyclic) bond motifs is 1. The number of imidazole rings is 1. The zero-order chi connectivity index (χ0) is 30.7. The number of carbonyl (C=O) groups excluding carboxylic acids is 1. The molecule has 0 aliphatic carbocycles. The SMILES string of the molecule is CCC[C@@H](CC(=O)c1ccc(-c2cc(Cl)ccc2-c2nc3ccc(CC(F)(F)F)cc3[nH]2)c(C(=O)O)c1)c1ccccc1. The minimum Gasteiger partial charge on any atom is -0.478 e. The lowest BCUT2D eigenvalue weighted by Gasteiger charge is -2.17. The number of halogens is 4. The van der Waals surface area contributed by atoms with Crippen molar-refractivity contribution in [3.8, 4) is 22.5 Å². The van der Waals surface area contributed by atoms with Gasteiger partial charge in [0.05, 0.1) is 23.0 Å². The molecular formula is C34H28ClF3N2O3. The van der Waals surface area contributed by atoms with Gasteiger partial charge in [-0.05, 0) is 71.0 Å². The van der Waals surface area contributed by atoms with Crippen molar-refractivity contribution in [3.63, 3.8) is 0 Å². The van der Waals surface area contributed by atoms with Crippen LogP contribution < -0.4 is 0 Å². The first-order valence-electron chi connectivity index (χ1n) is 13.8. The number of aromatic nitrogens is 2. The molecule has 4 aromatic carbocycles. The van der Waals surface area contributed by atoms with Crippen LogP contribution in [-0.4, -0.2) is 33.0 Å². The molecule has 5 rings (SSSR count). The summed E-state index contributed by atoms with van der Waals surface area (Å²) in [6, 6.07) is 23.6. The van der Waals surface area contributed by atoms with Crippen LogP contribution in [0, 0.1) is 0 Å². The minimum atomic E-state index is -4.35. The Morgan fingerprint density at radius 1 is 0.930 bits per heavy atom. The fourth-order valence-corrected chi connectivity index (χ4v) is 5.58. The fraction of sp³-hybridized carbons (Fsp3) is 0.206. The molecule has 1 atom stereocenters. The number of hydrogen-bond acceptors (Lipinski definition) is 3. The highest BCUT2D eigenvalue weighted by Gasteiger charge is 2.28. The van der Waals surface area contributed by atoms with Gasteiger partial charge in [0.2, 0.25) is 0 Å². The summed E-state index contributed by atoms with van der Waals surface area (Å²) in [5.74, 6) is -1.02. The summed E-state index contributed by atoms with van der Waals surface area (Å²) in [4.78, 5) is 33.5. The van der Waals surface area contributed by atoms with Gasteiger partial charge in [0.1, 0.15) is 5.82 Å². The Bertz CT molecular complexity index is 1800. The Balaban J connectivity index is 1.52. The third kappa shape index (κ3) is 6.97. The molecule has 2 N–H and O–H groups in total. The van der Waals surface area contributed by atoms with Gasteiger partial charge in [-0.15, -0.1) is 0 Å². The van der Waals surface area contributed by atoms with E-state index in [-0.39, 0.29) is 29.2 Å². The van der Waals surface area contributed by atoms with Gasteiger partial charge < -0.3 is 10.1 Å². The first-order chi connectivity index (χ1) is 20.5. The Labute approximate surface area is 251 Å². The maximum Gasteiger partial charge on any atom is 0.393 e. The van der Waals surface area contributed by atoms with Crippen molar-refractivity contribution in [2.75, 3.05) is 0 Å². The summed E-state index contributed by atoms with van der Waals surface area (Å²) in [7, 11) is 0. The van der Waals surface area contributed by atoms with Crippen LogP contribution in [0.3, 0.4) is 0 Å². The number of rotatable bonds is 10. The Morgan fingerprint density at radius 2 is 1.67 bits per heavy atom. The smallest absolute Gasteiger partial charge is 0.393 e. The topological polar surface area (TPSA) is 83.0 Å². The van der Waals surface area contributed by atoms with E-state index in [0.29, 0.717) is 44.1 Å². The molecule has 5 nitrogen and oxygen atoms in total. The molecule has 0 aliphatic rings. The Hall–Kier alpha value is -4.43. The second kappa shape index (κ2) is 12.4. The molecule has 0 amide bonds. The van der Waals surface area contributed by atoms with Crippen molar-refractivity contribution in [2.24, 2.45) is 0 Å². The Kier molecular flexibility index (Phi) is 8.69. The maximum atomic E-state index is 13.4. The van der Waals surface area contributed by atoms with Crippen LogP contribution in [-0.2, 0) is 6.42 Å². The number of hydrogen-bond donors (Lipinski definition) is 2. The molecule has 0 aliphatic heterocycles. The van der Waals surface area contributed by atoms with Gasteiger partial charge in [-0.25, -0.2) is 9.78 Å². The fourth-order valence-electron chi connectivity index (χ4n) is 5.40. The van der Waals surface area contributed by atoms with E-state index in [4.69, 9.17) is 11.6 Å². The quantitative estimate of drug-likeness (QED) is 0.156. The van der Waals surface area contributed by atoms with Crippen LogP contribution in [0.15, 0.2) is 84.9 Å². The zero-order valence-electron chi connectivity index (χ0n) is 23.2. The molecule has 1 aromatic heterocycles. The summed E-state index contributed by atoms with van der Waals surface area (Å²) in [5, 5.41) is 10.5. The van der Waals surface area contributed by atoms with Crippen molar-refractivity contribution >= 4 is 34.4 Å². The second-order valence-electron chi connectivity index (χ2n) is 10.5. The number of ketones is 1. The van der Waals surface area contributed by atoms with E-state index in [0.717, 1.165) is 18.4 Å². The van der Waals surface area contributed by atoms with E-state index in [9.17, 15) is 27.9 Å². The molecule has 0 bridgehead atoms. The third-order valence-corrected chi connectivity index (χ3v) is 7.62. The van der Waals surface area contributed by atoms with Gasteiger partial charge in [0.15, 0.2) is 5.78 Å². The average Bonchev–Trinajstić information content (AvgIpc) is 3.39. The van der Waals surface area contributed by atoms with E-state index < -0.39 is 18.6 Å². The molecule has 43 heavy (non-hydrogen) atoms. The Morgan fingerprint density at radius 3 is 2.37 bits per heavy atom. The van der Waals surface area contributed by atoms with Gasteiger partial charge in [0, 0.05) is 22.6 Å². The second-order valence-corrected chi connectivity index (χ2v) is 10.9. The lowest BCUT2D eigenvalue weighted by Crippen LogP contribution is -2.11. The number of carboxylic acid groups (broad SMARTS) is 1. The lowest BCUT2D eigenvalue weighted by molar-refractivity contribution is -0.127. The molecule has 0 saturated heterocycles. The number of nitrogens with zero attached hydrogens (tertiary/aromatic N) is 1. The minimum absolute atomic E-state index is 0.0101. The van der Waals surface area contributed by atoms with Crippen molar-refractivity contribution in [1.82, 2.24) is 9.97 Å². The molecule has 1 heterocycles. The number of Topliss-reactive ketones (excluding diaryl/α,β-unsaturated/α-hetero) is 1. The van der Waals surface area contributed by atoms with Crippen LogP contribution >= 0.6 is 11.6 Å². The van der Waals surface area contributed by atoms with Gasteiger partial charge in [-0.1, -0.05) is 73.5 Å². The summed E-state index contributed by atoms with van der Waals surface area (Å²) in [6.45, 7) is 2.06. The molecular weight excluding hydrogens is 577 g/mol. The van der Waals surface area contributed by atoms with Crippen LogP contribution in [0.25, 0.3) is 33.5 Å². The van der Waals surface area contributed by atoms with Gasteiger partial charge in [-0.3, -0.25) is 4.79 Å². The van der Waals surface area contributed by atoms with Crippen LogP contribution in [0.4, 0.5) is 13.2 Å². The lowest BCUT2D eigenvalue weighted by atomic mass is 9.87. The standard InChI is InChI=1S/C34H28ClF3N2O3/c1-2-6-22(21-7-4-3-5-8-21)17-31(41)23-10-12-25(28(16-23)33(42)43)27-18-24(35)11-13-26(27)32-39-29-14-9-20(15-30(29)40-32)19-34(36,37)38/h3-5,7-16,18,22H,2,6,17,19H2,1H3,(H,39,40)(H,42,43)/t22-/m0/s1. The molecule has 9 heteroatoms. The number of benzene rings is 4. The predicted octanol–water partition coefficient (Wildman–Crippen LogP) is 9.51. The number of aromatic amines is 1. The molecule has 0 fully saturated rings.